The number of Topliss-reactive ketones (excluding diaryl/α,β-unsaturated/α-hetero) is 1. The van der Waals surface area contributed by atoms with Crippen LogP contribution in [0.3, 0.4) is 0 Å². The van der Waals surface area contributed by atoms with Crippen molar-refractivity contribution >= 4 is 40.4 Å². The lowest BCUT2D eigenvalue weighted by molar-refractivity contribution is -0.384. The third kappa shape index (κ3) is 4.54. The smallest absolute Gasteiger partial charge is 0.317 e. The van der Waals surface area contributed by atoms with Crippen molar-refractivity contribution in [2.75, 3.05) is 11.5 Å². The summed E-state index contributed by atoms with van der Waals surface area (Å²) in [6.07, 6.45) is 0.217. The number of nitro groups is 1. The third-order valence-corrected chi connectivity index (χ3v) is 8.15. The number of non-ortho nitro benzene ring substituents is 1. The maximum Gasteiger partial charge on any atom is 0.317 e. The second-order valence-corrected chi connectivity index (χ2v) is 10.4. The first-order chi connectivity index (χ1) is 18.3. The van der Waals surface area contributed by atoms with E-state index in [4.69, 9.17) is 4.74 Å². The Bertz CT molecular complexity index is 1440. The molecule has 2 aromatic carbocycles. The predicted molar refractivity (Wildman–Crippen MR) is 143 cm³/mol. The van der Waals surface area contributed by atoms with Crippen molar-refractivity contribution < 1.29 is 24.0 Å². The number of rotatable bonds is 6. The fourth-order valence-corrected chi connectivity index (χ4v) is 6.30. The highest BCUT2D eigenvalue weighted by molar-refractivity contribution is 7.10. The Morgan fingerprint density at radius 3 is 2.53 bits per heavy atom. The maximum atomic E-state index is 14.3. The highest BCUT2D eigenvalue weighted by Crippen LogP contribution is 2.50. The number of thiophene rings is 1. The number of ether oxygens (including phenoxy) is 1. The summed E-state index contributed by atoms with van der Waals surface area (Å²) in [6.45, 7) is 3.78. The van der Waals surface area contributed by atoms with Gasteiger partial charge in [0.05, 0.1) is 11.5 Å². The van der Waals surface area contributed by atoms with Gasteiger partial charge in [0.2, 0.25) is 5.91 Å². The summed E-state index contributed by atoms with van der Waals surface area (Å²) >= 11 is 1.45. The maximum absolute atomic E-state index is 14.3. The van der Waals surface area contributed by atoms with E-state index in [1.807, 2.05) is 48.7 Å². The number of esters is 1. The molecule has 3 atom stereocenters. The van der Waals surface area contributed by atoms with E-state index in [-0.39, 0.29) is 31.0 Å². The largest absolute Gasteiger partial charge is 0.465 e. The molecule has 1 aromatic heterocycles. The fourth-order valence-electron chi connectivity index (χ4n) is 5.44. The molecule has 1 aliphatic carbocycles. The molecule has 5 rings (SSSR count). The summed E-state index contributed by atoms with van der Waals surface area (Å²) in [6, 6.07) is 17.3. The summed E-state index contributed by atoms with van der Waals surface area (Å²) in [5.41, 5.74) is 2.91. The zero-order valence-corrected chi connectivity index (χ0v) is 21.8. The van der Waals surface area contributed by atoms with Crippen LogP contribution < -0.4 is 4.90 Å². The van der Waals surface area contributed by atoms with Crippen LogP contribution in [0.15, 0.2) is 77.3 Å². The first-order valence-electron chi connectivity index (χ1n) is 12.4. The quantitative estimate of drug-likeness (QED) is 0.176. The van der Waals surface area contributed by atoms with E-state index >= 15 is 0 Å². The van der Waals surface area contributed by atoms with E-state index in [1.165, 1.54) is 23.5 Å². The van der Waals surface area contributed by atoms with Crippen molar-refractivity contribution in [3.8, 4) is 0 Å². The first-order valence-corrected chi connectivity index (χ1v) is 13.3. The Balaban J connectivity index is 1.72. The van der Waals surface area contributed by atoms with Crippen LogP contribution >= 0.6 is 11.3 Å². The van der Waals surface area contributed by atoms with E-state index in [0.717, 1.165) is 10.4 Å². The van der Waals surface area contributed by atoms with Crippen LogP contribution in [0, 0.1) is 23.0 Å². The third-order valence-electron chi connectivity index (χ3n) is 7.15. The van der Waals surface area contributed by atoms with Crippen LogP contribution in [-0.4, -0.2) is 29.2 Å². The van der Waals surface area contributed by atoms with Gasteiger partial charge in [-0.25, -0.2) is 0 Å². The molecule has 2 heterocycles. The summed E-state index contributed by atoms with van der Waals surface area (Å²) in [5, 5.41) is 13.4. The number of nitrogens with zero attached hydrogens (tertiary/aromatic N) is 2. The first kappa shape index (κ1) is 25.5. The minimum Gasteiger partial charge on any atom is -0.465 e. The Hall–Kier alpha value is -4.11. The Kier molecular flexibility index (Phi) is 6.94. The van der Waals surface area contributed by atoms with Gasteiger partial charge in [0.15, 0.2) is 5.78 Å². The standard InChI is InChI=1S/C29H26N2O6S/c1-3-37-29(34)27-22(24-8-5-13-38-24)15-23-26(28(27)33)21(18-6-4-7-20(14-18)31(35)36)16-25(32)30(23)19-11-9-17(2)10-12-19/h4-14,21-22,27H,3,15-16H2,1-2H3/t21-,22-,27-/m0/s1. The molecule has 0 saturated heterocycles. The SMILES string of the molecule is CCOC(=O)[C@@H]1C(=O)C2=C(C[C@H]1c1cccs1)N(c1ccc(C)cc1)C(=O)C[C@H]2c1cccc([N+](=O)[O-])c1. The van der Waals surface area contributed by atoms with E-state index in [9.17, 15) is 24.5 Å². The molecule has 0 spiro atoms. The number of nitro benzene ring substituents is 1. The molecule has 2 aliphatic rings. The molecule has 194 valence electrons. The highest BCUT2D eigenvalue weighted by atomic mass is 32.1. The van der Waals surface area contributed by atoms with Crippen molar-refractivity contribution in [3.05, 3.63) is 103 Å². The molecule has 0 bridgehead atoms. The monoisotopic (exact) mass is 530 g/mol. The zero-order valence-electron chi connectivity index (χ0n) is 21.0. The van der Waals surface area contributed by atoms with Gasteiger partial charge in [0, 0.05) is 52.2 Å². The molecule has 0 N–H and O–H groups in total. The molecule has 0 fully saturated rings. The molecule has 0 unspecified atom stereocenters. The number of carbonyl (C=O) groups excluding carboxylic acids is 3. The molecule has 1 amide bonds. The molecular weight excluding hydrogens is 504 g/mol. The summed E-state index contributed by atoms with van der Waals surface area (Å²) in [5.74, 6) is -3.49. The van der Waals surface area contributed by atoms with Crippen LogP contribution in [0.25, 0.3) is 0 Å². The van der Waals surface area contributed by atoms with Gasteiger partial charge in [-0.2, -0.15) is 0 Å². The van der Waals surface area contributed by atoms with E-state index in [1.54, 1.807) is 24.0 Å². The number of hydrogen-bond acceptors (Lipinski definition) is 7. The zero-order chi connectivity index (χ0) is 27.0. The number of allylic oxidation sites excluding steroid dienone is 2. The Labute approximate surface area is 223 Å². The Morgan fingerprint density at radius 1 is 1.11 bits per heavy atom. The molecule has 8 nitrogen and oxygen atoms in total. The molecule has 3 aromatic rings. The van der Waals surface area contributed by atoms with Gasteiger partial charge < -0.3 is 4.74 Å². The predicted octanol–water partition coefficient (Wildman–Crippen LogP) is 5.68. The van der Waals surface area contributed by atoms with Gasteiger partial charge in [-0.05, 0) is 49.4 Å². The highest BCUT2D eigenvalue weighted by Gasteiger charge is 2.50. The van der Waals surface area contributed by atoms with Gasteiger partial charge in [-0.15, -0.1) is 11.3 Å². The molecule has 0 radical (unpaired) electrons. The van der Waals surface area contributed by atoms with Crippen molar-refractivity contribution in [1.29, 1.82) is 0 Å². The van der Waals surface area contributed by atoms with Gasteiger partial charge in [0.1, 0.15) is 5.92 Å². The average molecular weight is 531 g/mol. The Morgan fingerprint density at radius 2 is 1.87 bits per heavy atom. The normalized spacial score (nSPS) is 21.3. The number of benzene rings is 2. The number of amides is 1. The molecule has 1 aliphatic heterocycles. The topological polar surface area (TPSA) is 107 Å². The molecule has 0 saturated carbocycles. The average Bonchev–Trinajstić information content (AvgIpc) is 3.44. The number of anilines is 1. The van der Waals surface area contributed by atoms with Crippen molar-refractivity contribution in [2.24, 2.45) is 5.92 Å². The lowest BCUT2D eigenvalue weighted by Crippen LogP contribution is -2.46. The van der Waals surface area contributed by atoms with Gasteiger partial charge in [-0.1, -0.05) is 35.9 Å². The number of ketones is 1. The summed E-state index contributed by atoms with van der Waals surface area (Å²) in [4.78, 5) is 54.6. The number of carbonyl (C=O) groups is 3. The fraction of sp³-hybridized carbons (Fsp3) is 0.276. The van der Waals surface area contributed by atoms with Crippen LogP contribution in [0.5, 0.6) is 0 Å². The minimum atomic E-state index is -1.07. The summed E-state index contributed by atoms with van der Waals surface area (Å²) in [7, 11) is 0. The lowest BCUT2D eigenvalue weighted by atomic mass is 9.69. The second kappa shape index (κ2) is 10.3. The number of aryl methyl sites for hydroxylation is 1. The van der Waals surface area contributed by atoms with Crippen molar-refractivity contribution in [3.63, 3.8) is 0 Å². The number of hydrogen-bond donors (Lipinski definition) is 0. The van der Waals surface area contributed by atoms with Crippen molar-refractivity contribution in [1.82, 2.24) is 0 Å². The van der Waals surface area contributed by atoms with Crippen LogP contribution in [0.1, 0.15) is 47.6 Å². The second-order valence-electron chi connectivity index (χ2n) is 9.45. The van der Waals surface area contributed by atoms with Crippen LogP contribution in [0.2, 0.25) is 0 Å². The van der Waals surface area contributed by atoms with E-state index < -0.39 is 34.4 Å². The minimum absolute atomic E-state index is 0.0567. The summed E-state index contributed by atoms with van der Waals surface area (Å²) < 4.78 is 5.35. The van der Waals surface area contributed by atoms with E-state index in [2.05, 4.69) is 0 Å². The van der Waals surface area contributed by atoms with Crippen LogP contribution in [-0.2, 0) is 19.1 Å². The molecule has 38 heavy (non-hydrogen) atoms. The van der Waals surface area contributed by atoms with Gasteiger partial charge >= 0.3 is 5.97 Å². The van der Waals surface area contributed by atoms with Crippen LogP contribution in [0.4, 0.5) is 11.4 Å². The molecule has 9 heteroatoms. The van der Waals surface area contributed by atoms with Crippen molar-refractivity contribution in [2.45, 2.75) is 38.5 Å². The lowest BCUT2D eigenvalue weighted by Gasteiger charge is -2.42. The van der Waals surface area contributed by atoms with E-state index in [0.29, 0.717) is 22.5 Å². The molecular formula is C29H26N2O6S. The van der Waals surface area contributed by atoms with Gasteiger partial charge in [0.25, 0.3) is 5.69 Å². The van der Waals surface area contributed by atoms with Gasteiger partial charge in [-0.3, -0.25) is 29.4 Å².